The zero-order chi connectivity index (χ0) is 8.55. The van der Waals surface area contributed by atoms with E-state index in [1.54, 1.807) is 0 Å². The number of hydrogen-bond acceptors (Lipinski definition) is 3. The Labute approximate surface area is 71.5 Å². The molecule has 0 aliphatic carbocycles. The second kappa shape index (κ2) is 3.03. The Morgan fingerprint density at radius 3 is 2.67 bits per heavy atom. The van der Waals surface area contributed by atoms with E-state index < -0.39 is 0 Å². The highest BCUT2D eigenvalue weighted by Crippen LogP contribution is 2.13. The number of aliphatic hydroxyl groups excluding tert-OH is 1. The fraction of sp³-hybridized carbons (Fsp3) is 0.875. The monoisotopic (exact) mass is 170 g/mol. The second-order valence-corrected chi connectivity index (χ2v) is 3.53. The highest BCUT2D eigenvalue weighted by atomic mass is 16.3. The van der Waals surface area contributed by atoms with Gasteiger partial charge in [-0.2, -0.15) is 0 Å². The highest BCUT2D eigenvalue weighted by Gasteiger charge is 2.33. The van der Waals surface area contributed by atoms with Gasteiger partial charge in [-0.15, -0.1) is 0 Å². The van der Waals surface area contributed by atoms with Gasteiger partial charge in [0.15, 0.2) is 0 Å². The highest BCUT2D eigenvalue weighted by molar-refractivity contribution is 5.82. The van der Waals surface area contributed by atoms with Crippen molar-refractivity contribution in [3.63, 3.8) is 0 Å². The third kappa shape index (κ3) is 1.32. The van der Waals surface area contributed by atoms with Gasteiger partial charge in [-0.3, -0.25) is 4.79 Å². The topological polar surface area (TPSA) is 52.6 Å². The van der Waals surface area contributed by atoms with Crippen molar-refractivity contribution < 1.29 is 9.90 Å². The van der Waals surface area contributed by atoms with Gasteiger partial charge in [0.05, 0.1) is 12.1 Å². The molecule has 0 saturated carbocycles. The standard InChI is InChI=1S/C8H14N2O2/c11-6-4-7(9-5-6)8(12)10-2-1-3-10/h6-7,9,11H,1-5H2. The number of β-amino-alcohol motifs (C(OH)–C–C–N with tert-alkyl or cyclic N) is 1. The fourth-order valence-electron chi connectivity index (χ4n) is 1.66. The Balaban J connectivity index is 1.87. The van der Waals surface area contributed by atoms with Crippen LogP contribution in [0.25, 0.3) is 0 Å². The molecule has 2 heterocycles. The first-order chi connectivity index (χ1) is 5.77. The van der Waals surface area contributed by atoms with Gasteiger partial charge < -0.3 is 15.3 Å². The quantitative estimate of drug-likeness (QED) is 0.527. The lowest BCUT2D eigenvalue weighted by molar-refractivity contribution is -0.136. The maximum absolute atomic E-state index is 11.5. The third-order valence-corrected chi connectivity index (χ3v) is 2.57. The largest absolute Gasteiger partial charge is 0.392 e. The van der Waals surface area contributed by atoms with Crippen molar-refractivity contribution in [1.82, 2.24) is 10.2 Å². The minimum absolute atomic E-state index is 0.125. The molecule has 0 spiro atoms. The Morgan fingerprint density at radius 1 is 1.50 bits per heavy atom. The first-order valence-electron chi connectivity index (χ1n) is 4.47. The zero-order valence-corrected chi connectivity index (χ0v) is 6.99. The molecule has 0 bridgehead atoms. The van der Waals surface area contributed by atoms with E-state index in [4.69, 9.17) is 0 Å². The minimum Gasteiger partial charge on any atom is -0.392 e. The second-order valence-electron chi connectivity index (χ2n) is 3.53. The maximum atomic E-state index is 11.5. The molecule has 2 saturated heterocycles. The summed E-state index contributed by atoms with van der Waals surface area (Å²) in [5, 5.41) is 12.2. The summed E-state index contributed by atoms with van der Waals surface area (Å²) in [5.74, 6) is 0.165. The van der Waals surface area contributed by atoms with Gasteiger partial charge in [0.1, 0.15) is 0 Å². The summed E-state index contributed by atoms with van der Waals surface area (Å²) >= 11 is 0. The zero-order valence-electron chi connectivity index (χ0n) is 6.99. The number of carbonyl (C=O) groups excluding carboxylic acids is 1. The van der Waals surface area contributed by atoms with Crippen LogP contribution in [0.15, 0.2) is 0 Å². The van der Waals surface area contributed by atoms with Crippen molar-refractivity contribution >= 4 is 5.91 Å². The maximum Gasteiger partial charge on any atom is 0.239 e. The number of rotatable bonds is 1. The summed E-state index contributed by atoms with van der Waals surface area (Å²) in [5.41, 5.74) is 0. The molecule has 0 aromatic rings. The van der Waals surface area contributed by atoms with Gasteiger partial charge in [-0.1, -0.05) is 0 Å². The normalized spacial score (nSPS) is 34.9. The van der Waals surface area contributed by atoms with E-state index in [1.807, 2.05) is 4.90 Å². The average molecular weight is 170 g/mol. The molecule has 2 N–H and O–H groups in total. The Hall–Kier alpha value is -0.610. The lowest BCUT2D eigenvalue weighted by atomic mass is 10.1. The molecule has 2 aliphatic heterocycles. The van der Waals surface area contributed by atoms with Crippen LogP contribution >= 0.6 is 0 Å². The van der Waals surface area contributed by atoms with Crippen molar-refractivity contribution in [3.05, 3.63) is 0 Å². The minimum atomic E-state index is -0.333. The van der Waals surface area contributed by atoms with Gasteiger partial charge in [0, 0.05) is 19.6 Å². The Bertz CT molecular complexity index is 191. The molecule has 2 rings (SSSR count). The van der Waals surface area contributed by atoms with Crippen LogP contribution < -0.4 is 5.32 Å². The molecule has 2 atom stereocenters. The molecule has 2 aliphatic rings. The van der Waals surface area contributed by atoms with Gasteiger partial charge >= 0.3 is 0 Å². The summed E-state index contributed by atoms with van der Waals surface area (Å²) in [7, 11) is 0. The number of nitrogens with zero attached hydrogens (tertiary/aromatic N) is 1. The van der Waals surface area contributed by atoms with Crippen LogP contribution in [0.2, 0.25) is 0 Å². The van der Waals surface area contributed by atoms with Gasteiger partial charge in [0.25, 0.3) is 0 Å². The first-order valence-corrected chi connectivity index (χ1v) is 4.47. The number of hydrogen-bond donors (Lipinski definition) is 2. The number of carbonyl (C=O) groups is 1. The van der Waals surface area contributed by atoms with Gasteiger partial charge in [0.2, 0.25) is 5.91 Å². The molecule has 2 unspecified atom stereocenters. The SMILES string of the molecule is O=C(C1CC(O)CN1)N1CCC1. The number of amides is 1. The summed E-state index contributed by atoms with van der Waals surface area (Å²) < 4.78 is 0. The number of likely N-dealkylation sites (tertiary alicyclic amines) is 1. The Kier molecular flexibility index (Phi) is 2.02. The molecular weight excluding hydrogens is 156 g/mol. The summed E-state index contributed by atoms with van der Waals surface area (Å²) in [6.45, 7) is 2.35. The predicted octanol–water partition coefficient (Wildman–Crippen LogP) is -1.06. The van der Waals surface area contributed by atoms with Gasteiger partial charge in [-0.05, 0) is 12.8 Å². The average Bonchev–Trinajstić information content (AvgIpc) is 2.31. The summed E-state index contributed by atoms with van der Waals surface area (Å²) in [6, 6.07) is -0.125. The van der Waals surface area contributed by atoms with E-state index in [0.717, 1.165) is 19.5 Å². The molecular formula is C8H14N2O2. The van der Waals surface area contributed by atoms with Crippen LogP contribution in [0.4, 0.5) is 0 Å². The van der Waals surface area contributed by atoms with Crippen molar-refractivity contribution in [2.24, 2.45) is 0 Å². The molecule has 2 fully saturated rings. The fourth-order valence-corrected chi connectivity index (χ4v) is 1.66. The number of aliphatic hydroxyl groups is 1. The van der Waals surface area contributed by atoms with Crippen LogP contribution in [0.5, 0.6) is 0 Å². The van der Waals surface area contributed by atoms with Crippen LogP contribution in [0, 0.1) is 0 Å². The van der Waals surface area contributed by atoms with Gasteiger partial charge in [-0.25, -0.2) is 0 Å². The van der Waals surface area contributed by atoms with Crippen molar-refractivity contribution in [2.75, 3.05) is 19.6 Å². The lowest BCUT2D eigenvalue weighted by Crippen LogP contribution is -2.49. The summed E-state index contributed by atoms with van der Waals surface area (Å²) in [6.07, 6.45) is 1.37. The van der Waals surface area contributed by atoms with Crippen LogP contribution in [-0.2, 0) is 4.79 Å². The van der Waals surface area contributed by atoms with Crippen LogP contribution in [0.3, 0.4) is 0 Å². The molecule has 68 valence electrons. The lowest BCUT2D eigenvalue weighted by Gasteiger charge is -2.33. The third-order valence-electron chi connectivity index (χ3n) is 2.57. The van der Waals surface area contributed by atoms with Crippen molar-refractivity contribution in [1.29, 1.82) is 0 Å². The van der Waals surface area contributed by atoms with E-state index in [9.17, 15) is 9.90 Å². The van der Waals surface area contributed by atoms with Crippen molar-refractivity contribution in [3.8, 4) is 0 Å². The van der Waals surface area contributed by atoms with Crippen LogP contribution in [0.1, 0.15) is 12.8 Å². The molecule has 0 aromatic heterocycles. The van der Waals surface area contributed by atoms with E-state index in [0.29, 0.717) is 13.0 Å². The summed E-state index contributed by atoms with van der Waals surface area (Å²) in [4.78, 5) is 13.4. The Morgan fingerprint density at radius 2 is 2.25 bits per heavy atom. The van der Waals surface area contributed by atoms with E-state index in [2.05, 4.69) is 5.32 Å². The molecule has 12 heavy (non-hydrogen) atoms. The molecule has 4 nitrogen and oxygen atoms in total. The number of nitrogens with one attached hydrogen (secondary N) is 1. The molecule has 0 radical (unpaired) electrons. The molecule has 4 heteroatoms. The predicted molar refractivity (Wildman–Crippen MR) is 43.6 cm³/mol. The molecule has 1 amide bonds. The van der Waals surface area contributed by atoms with E-state index in [-0.39, 0.29) is 18.1 Å². The van der Waals surface area contributed by atoms with E-state index >= 15 is 0 Å². The smallest absolute Gasteiger partial charge is 0.239 e. The van der Waals surface area contributed by atoms with E-state index in [1.165, 1.54) is 0 Å². The molecule has 0 aromatic carbocycles. The first kappa shape index (κ1) is 8.01. The van der Waals surface area contributed by atoms with Crippen LogP contribution in [-0.4, -0.2) is 47.7 Å². The van der Waals surface area contributed by atoms with Crippen molar-refractivity contribution in [2.45, 2.75) is 25.0 Å².